The number of ether oxygens (including phenoxy) is 1. The lowest BCUT2D eigenvalue weighted by Crippen LogP contribution is -2.36. The quantitative estimate of drug-likeness (QED) is 0.813. The molecule has 88 valence electrons. The van der Waals surface area contributed by atoms with Crippen molar-refractivity contribution in [3.63, 3.8) is 0 Å². The Labute approximate surface area is 103 Å². The van der Waals surface area contributed by atoms with E-state index < -0.39 is 0 Å². The summed E-state index contributed by atoms with van der Waals surface area (Å²) in [5, 5.41) is 3.40. The molecule has 0 aromatic heterocycles. The molecular formula is C13H18ClNO. The van der Waals surface area contributed by atoms with E-state index in [0.717, 1.165) is 31.2 Å². The van der Waals surface area contributed by atoms with Crippen LogP contribution in [0.2, 0.25) is 0 Å². The van der Waals surface area contributed by atoms with Crippen molar-refractivity contribution < 1.29 is 4.74 Å². The molecule has 1 aromatic rings. The van der Waals surface area contributed by atoms with E-state index in [4.69, 9.17) is 4.74 Å². The third-order valence-electron chi connectivity index (χ3n) is 3.58. The Bertz CT molecular complexity index is 325. The summed E-state index contributed by atoms with van der Waals surface area (Å²) in [5.74, 6) is 1.86. The number of hydrogen-bond acceptors (Lipinski definition) is 2. The van der Waals surface area contributed by atoms with Gasteiger partial charge in [-0.05, 0) is 43.5 Å². The number of benzene rings is 1. The van der Waals surface area contributed by atoms with Gasteiger partial charge in [-0.3, -0.25) is 0 Å². The van der Waals surface area contributed by atoms with Crippen LogP contribution in [0, 0.1) is 5.92 Å². The summed E-state index contributed by atoms with van der Waals surface area (Å²) in [6, 6.07) is 8.45. The van der Waals surface area contributed by atoms with E-state index in [1.54, 1.807) is 0 Å². The van der Waals surface area contributed by atoms with E-state index in [-0.39, 0.29) is 12.4 Å². The van der Waals surface area contributed by atoms with Crippen LogP contribution in [0.25, 0.3) is 0 Å². The standard InChI is InChI=1S/C13H17NO.ClH/c1-2-4-12-11(3-1)9-13(15-12)10-5-7-14-8-6-10;/h1-4,10,13-14H,5-9H2;1H. The lowest BCUT2D eigenvalue weighted by atomic mass is 9.90. The van der Waals surface area contributed by atoms with Crippen molar-refractivity contribution in [2.24, 2.45) is 5.92 Å². The first-order valence-corrected chi connectivity index (χ1v) is 5.89. The molecule has 2 aliphatic heterocycles. The number of fused-ring (bicyclic) bond motifs is 1. The van der Waals surface area contributed by atoms with Crippen molar-refractivity contribution >= 4 is 12.4 Å². The maximum Gasteiger partial charge on any atom is 0.123 e. The van der Waals surface area contributed by atoms with Crippen molar-refractivity contribution in [3.05, 3.63) is 29.8 Å². The van der Waals surface area contributed by atoms with Crippen LogP contribution in [0.4, 0.5) is 0 Å². The third-order valence-corrected chi connectivity index (χ3v) is 3.58. The Morgan fingerprint density at radius 3 is 2.62 bits per heavy atom. The van der Waals surface area contributed by atoms with Crippen LogP contribution in [-0.2, 0) is 6.42 Å². The molecule has 1 atom stereocenters. The Morgan fingerprint density at radius 1 is 1.12 bits per heavy atom. The van der Waals surface area contributed by atoms with Crippen LogP contribution < -0.4 is 10.1 Å². The number of hydrogen-bond donors (Lipinski definition) is 1. The van der Waals surface area contributed by atoms with Gasteiger partial charge in [0.2, 0.25) is 0 Å². The van der Waals surface area contributed by atoms with Crippen molar-refractivity contribution in [1.82, 2.24) is 5.32 Å². The van der Waals surface area contributed by atoms with E-state index in [2.05, 4.69) is 29.6 Å². The fourth-order valence-electron chi connectivity index (χ4n) is 2.69. The summed E-state index contributed by atoms with van der Waals surface area (Å²) in [5.41, 5.74) is 1.39. The van der Waals surface area contributed by atoms with Crippen molar-refractivity contribution in [1.29, 1.82) is 0 Å². The first kappa shape index (κ1) is 11.7. The molecule has 0 saturated carbocycles. The van der Waals surface area contributed by atoms with Gasteiger partial charge in [-0.1, -0.05) is 18.2 Å². The molecule has 0 bridgehead atoms. The largest absolute Gasteiger partial charge is 0.490 e. The van der Waals surface area contributed by atoms with Gasteiger partial charge in [0, 0.05) is 6.42 Å². The van der Waals surface area contributed by atoms with E-state index >= 15 is 0 Å². The van der Waals surface area contributed by atoms with Gasteiger partial charge in [0.25, 0.3) is 0 Å². The lowest BCUT2D eigenvalue weighted by molar-refractivity contribution is 0.134. The average molecular weight is 240 g/mol. The first-order valence-electron chi connectivity index (χ1n) is 5.89. The number of rotatable bonds is 1. The summed E-state index contributed by atoms with van der Waals surface area (Å²) >= 11 is 0. The molecule has 3 rings (SSSR count). The minimum absolute atomic E-state index is 0. The molecule has 1 fully saturated rings. The van der Waals surface area contributed by atoms with Crippen LogP contribution in [0.1, 0.15) is 18.4 Å². The molecule has 3 heteroatoms. The Balaban J connectivity index is 0.000000963. The Hall–Kier alpha value is -0.730. The van der Waals surface area contributed by atoms with Crippen LogP contribution in [-0.4, -0.2) is 19.2 Å². The molecule has 1 unspecified atom stereocenters. The first-order chi connectivity index (χ1) is 7.43. The molecule has 2 heterocycles. The average Bonchev–Trinajstić information content (AvgIpc) is 2.74. The molecule has 1 aromatic carbocycles. The van der Waals surface area contributed by atoms with Gasteiger partial charge < -0.3 is 10.1 Å². The fraction of sp³-hybridized carbons (Fsp3) is 0.538. The highest BCUT2D eigenvalue weighted by Crippen LogP contribution is 2.33. The second kappa shape index (κ2) is 5.07. The maximum absolute atomic E-state index is 6.02. The predicted octanol–water partition coefficient (Wildman–Crippen LogP) is 2.41. The van der Waals surface area contributed by atoms with Gasteiger partial charge in [-0.2, -0.15) is 0 Å². The molecule has 0 spiro atoms. The minimum Gasteiger partial charge on any atom is -0.490 e. The number of piperidine rings is 1. The topological polar surface area (TPSA) is 21.3 Å². The molecule has 1 N–H and O–H groups in total. The maximum atomic E-state index is 6.02. The van der Waals surface area contributed by atoms with Crippen molar-refractivity contribution in [3.8, 4) is 5.75 Å². The molecule has 0 aliphatic carbocycles. The fourth-order valence-corrected chi connectivity index (χ4v) is 2.69. The van der Waals surface area contributed by atoms with Gasteiger partial charge in [0.05, 0.1) is 0 Å². The normalized spacial score (nSPS) is 24.4. The van der Waals surface area contributed by atoms with Crippen molar-refractivity contribution in [2.45, 2.75) is 25.4 Å². The zero-order valence-corrected chi connectivity index (χ0v) is 10.1. The number of para-hydroxylation sites is 1. The van der Waals surface area contributed by atoms with Gasteiger partial charge in [0.1, 0.15) is 11.9 Å². The van der Waals surface area contributed by atoms with Crippen molar-refractivity contribution in [2.75, 3.05) is 13.1 Å². The minimum atomic E-state index is 0. The molecule has 0 radical (unpaired) electrons. The zero-order chi connectivity index (χ0) is 10.1. The van der Waals surface area contributed by atoms with E-state index in [1.807, 2.05) is 0 Å². The predicted molar refractivity (Wildman–Crippen MR) is 67.4 cm³/mol. The van der Waals surface area contributed by atoms with Crippen LogP contribution in [0.15, 0.2) is 24.3 Å². The molecule has 0 amide bonds. The number of halogens is 1. The third kappa shape index (κ3) is 2.18. The summed E-state index contributed by atoms with van der Waals surface area (Å²) < 4.78 is 6.02. The Morgan fingerprint density at radius 2 is 1.88 bits per heavy atom. The highest BCUT2D eigenvalue weighted by molar-refractivity contribution is 5.85. The number of nitrogens with one attached hydrogen (secondary N) is 1. The second-order valence-electron chi connectivity index (χ2n) is 4.56. The van der Waals surface area contributed by atoms with Gasteiger partial charge in [-0.15, -0.1) is 12.4 Å². The van der Waals surface area contributed by atoms with Gasteiger partial charge in [0.15, 0.2) is 0 Å². The summed E-state index contributed by atoms with van der Waals surface area (Å²) in [4.78, 5) is 0. The van der Waals surface area contributed by atoms with Crippen LogP contribution in [0.5, 0.6) is 5.75 Å². The van der Waals surface area contributed by atoms with Crippen LogP contribution in [0.3, 0.4) is 0 Å². The molecule has 16 heavy (non-hydrogen) atoms. The summed E-state index contributed by atoms with van der Waals surface area (Å²) in [7, 11) is 0. The molecule has 2 aliphatic rings. The molecular weight excluding hydrogens is 222 g/mol. The van der Waals surface area contributed by atoms with Crippen LogP contribution >= 0.6 is 12.4 Å². The van der Waals surface area contributed by atoms with Gasteiger partial charge >= 0.3 is 0 Å². The lowest BCUT2D eigenvalue weighted by Gasteiger charge is -2.27. The summed E-state index contributed by atoms with van der Waals surface area (Å²) in [6.07, 6.45) is 4.07. The monoisotopic (exact) mass is 239 g/mol. The Kier molecular flexibility index (Phi) is 3.72. The second-order valence-corrected chi connectivity index (χ2v) is 4.56. The zero-order valence-electron chi connectivity index (χ0n) is 9.32. The highest BCUT2D eigenvalue weighted by atomic mass is 35.5. The van der Waals surface area contributed by atoms with Gasteiger partial charge in [-0.25, -0.2) is 0 Å². The highest BCUT2D eigenvalue weighted by Gasteiger charge is 2.30. The summed E-state index contributed by atoms with van der Waals surface area (Å²) in [6.45, 7) is 2.31. The van der Waals surface area contributed by atoms with E-state index in [1.165, 1.54) is 18.4 Å². The SMILES string of the molecule is Cl.c1ccc2c(c1)CC(C1CCNCC1)O2. The van der Waals surface area contributed by atoms with E-state index in [0.29, 0.717) is 6.10 Å². The molecule has 1 saturated heterocycles. The van der Waals surface area contributed by atoms with E-state index in [9.17, 15) is 0 Å². The molecule has 2 nitrogen and oxygen atoms in total. The smallest absolute Gasteiger partial charge is 0.123 e.